The molecular formula is C13H25N3O2S. The monoisotopic (exact) mass is 287 g/mol. The van der Waals surface area contributed by atoms with Crippen molar-refractivity contribution in [3.05, 3.63) is 11.1 Å². The van der Waals surface area contributed by atoms with E-state index in [0.29, 0.717) is 0 Å². The lowest BCUT2D eigenvalue weighted by molar-refractivity contribution is 0.154. The van der Waals surface area contributed by atoms with E-state index in [1.54, 1.807) is 18.4 Å². The van der Waals surface area contributed by atoms with E-state index in [0.717, 1.165) is 56.8 Å². The summed E-state index contributed by atoms with van der Waals surface area (Å²) in [4.78, 5) is 6.89. The highest BCUT2D eigenvalue weighted by Crippen LogP contribution is 2.20. The second-order valence-corrected chi connectivity index (χ2v) is 4.90. The molecule has 1 rings (SSSR count). The van der Waals surface area contributed by atoms with Crippen molar-refractivity contribution in [3.8, 4) is 0 Å². The molecule has 0 aliphatic rings. The first-order valence-electron chi connectivity index (χ1n) is 6.78. The lowest BCUT2D eigenvalue weighted by Crippen LogP contribution is -2.27. The van der Waals surface area contributed by atoms with Gasteiger partial charge in [-0.25, -0.2) is 4.98 Å². The molecule has 0 radical (unpaired) electrons. The summed E-state index contributed by atoms with van der Waals surface area (Å²) >= 11 is 1.69. The van der Waals surface area contributed by atoms with Gasteiger partial charge in [-0.3, -0.25) is 0 Å². The average Bonchev–Trinajstić information content (AvgIpc) is 2.88. The second kappa shape index (κ2) is 10.1. The first-order valence-corrected chi connectivity index (χ1v) is 7.66. The van der Waals surface area contributed by atoms with Gasteiger partial charge in [0, 0.05) is 45.3 Å². The van der Waals surface area contributed by atoms with Gasteiger partial charge in [-0.2, -0.15) is 0 Å². The minimum atomic E-state index is 0.729. The van der Waals surface area contributed by atoms with Crippen LogP contribution < -0.4 is 10.2 Å². The predicted octanol–water partition coefficient (Wildman–Crippen LogP) is 1.74. The molecule has 1 aromatic rings. The van der Waals surface area contributed by atoms with E-state index in [4.69, 9.17) is 9.47 Å². The van der Waals surface area contributed by atoms with Crippen LogP contribution in [0.4, 0.5) is 5.13 Å². The van der Waals surface area contributed by atoms with Crippen LogP contribution in [0.5, 0.6) is 0 Å². The number of hydrogen-bond acceptors (Lipinski definition) is 6. The van der Waals surface area contributed by atoms with Gasteiger partial charge in [0.1, 0.15) is 0 Å². The summed E-state index contributed by atoms with van der Waals surface area (Å²) in [5, 5.41) is 6.49. The Morgan fingerprint density at radius 3 is 2.89 bits per heavy atom. The Balaban J connectivity index is 2.37. The second-order valence-electron chi connectivity index (χ2n) is 4.07. The highest BCUT2D eigenvalue weighted by atomic mass is 32.1. The summed E-state index contributed by atoms with van der Waals surface area (Å²) in [6, 6.07) is 0. The van der Waals surface area contributed by atoms with Crippen LogP contribution >= 0.6 is 11.3 Å². The van der Waals surface area contributed by atoms with Crippen LogP contribution in [0.2, 0.25) is 0 Å². The van der Waals surface area contributed by atoms with Gasteiger partial charge in [0.25, 0.3) is 0 Å². The van der Waals surface area contributed by atoms with Crippen LogP contribution in [-0.4, -0.2) is 51.5 Å². The molecule has 1 heterocycles. The maximum atomic E-state index is 5.39. The molecule has 0 aliphatic carbocycles. The zero-order valence-electron chi connectivity index (χ0n) is 12.1. The molecular weight excluding hydrogens is 262 g/mol. The van der Waals surface area contributed by atoms with E-state index in [1.807, 2.05) is 6.92 Å². The van der Waals surface area contributed by atoms with Gasteiger partial charge >= 0.3 is 0 Å². The number of nitrogens with zero attached hydrogens (tertiary/aromatic N) is 2. The number of likely N-dealkylation sites (N-methyl/N-ethyl adjacent to an activating group) is 1. The molecule has 0 saturated carbocycles. The maximum absolute atomic E-state index is 5.39. The van der Waals surface area contributed by atoms with Gasteiger partial charge < -0.3 is 19.7 Å². The van der Waals surface area contributed by atoms with Crippen molar-refractivity contribution in [2.75, 3.05) is 51.5 Å². The lowest BCUT2D eigenvalue weighted by Gasteiger charge is -2.19. The summed E-state index contributed by atoms with van der Waals surface area (Å²) in [7, 11) is 1.71. The van der Waals surface area contributed by atoms with E-state index in [1.165, 1.54) is 0 Å². The Morgan fingerprint density at radius 2 is 2.21 bits per heavy atom. The first-order chi connectivity index (χ1) is 9.31. The van der Waals surface area contributed by atoms with Gasteiger partial charge in [-0.05, 0) is 13.8 Å². The van der Waals surface area contributed by atoms with E-state index in [-0.39, 0.29) is 0 Å². The van der Waals surface area contributed by atoms with E-state index < -0.39 is 0 Å². The summed E-state index contributed by atoms with van der Waals surface area (Å²) < 4.78 is 10.4. The Bertz CT molecular complexity index is 333. The standard InChI is InChI=1S/C13H25N3O2S/c1-4-16(7-9-18-5-2)13-15-12(11-19-13)10-14-6-8-17-3/h11,14H,4-10H2,1-3H3. The van der Waals surface area contributed by atoms with E-state index >= 15 is 0 Å². The molecule has 0 fully saturated rings. The number of thiazole rings is 1. The van der Waals surface area contributed by atoms with Crippen molar-refractivity contribution < 1.29 is 9.47 Å². The Hall–Kier alpha value is -0.690. The quantitative estimate of drug-likeness (QED) is 0.628. The summed E-state index contributed by atoms with van der Waals surface area (Å²) in [5.74, 6) is 0. The fraction of sp³-hybridized carbons (Fsp3) is 0.769. The number of anilines is 1. The molecule has 1 N–H and O–H groups in total. The smallest absolute Gasteiger partial charge is 0.185 e. The first kappa shape index (κ1) is 16.4. The number of hydrogen-bond donors (Lipinski definition) is 1. The molecule has 0 saturated heterocycles. The topological polar surface area (TPSA) is 46.6 Å². The largest absolute Gasteiger partial charge is 0.383 e. The zero-order chi connectivity index (χ0) is 13.9. The highest BCUT2D eigenvalue weighted by molar-refractivity contribution is 7.13. The van der Waals surface area contributed by atoms with Gasteiger partial charge in [-0.1, -0.05) is 0 Å². The summed E-state index contributed by atoms with van der Waals surface area (Å²) in [5.41, 5.74) is 1.09. The molecule has 0 unspecified atom stereocenters. The molecule has 6 heteroatoms. The average molecular weight is 287 g/mol. The van der Waals surface area contributed by atoms with Crippen molar-refractivity contribution in [1.29, 1.82) is 0 Å². The molecule has 1 aromatic heterocycles. The van der Waals surface area contributed by atoms with Crippen LogP contribution in [0.25, 0.3) is 0 Å². The maximum Gasteiger partial charge on any atom is 0.185 e. The third kappa shape index (κ3) is 6.33. The van der Waals surface area contributed by atoms with Crippen LogP contribution in [0.15, 0.2) is 5.38 Å². The van der Waals surface area contributed by atoms with Crippen molar-refractivity contribution >= 4 is 16.5 Å². The zero-order valence-corrected chi connectivity index (χ0v) is 13.0. The van der Waals surface area contributed by atoms with Crippen LogP contribution in [0.3, 0.4) is 0 Å². The number of nitrogens with one attached hydrogen (secondary N) is 1. The Labute approximate surface area is 119 Å². The van der Waals surface area contributed by atoms with Crippen LogP contribution in [-0.2, 0) is 16.0 Å². The third-order valence-electron chi connectivity index (χ3n) is 2.69. The summed E-state index contributed by atoms with van der Waals surface area (Å²) in [6.45, 7) is 9.91. The molecule has 0 aliphatic heterocycles. The number of aromatic nitrogens is 1. The minimum Gasteiger partial charge on any atom is -0.383 e. The molecule has 0 bridgehead atoms. The highest BCUT2D eigenvalue weighted by Gasteiger charge is 2.09. The molecule has 0 atom stereocenters. The van der Waals surface area contributed by atoms with Gasteiger partial charge in [0.05, 0.1) is 18.9 Å². The van der Waals surface area contributed by atoms with Crippen molar-refractivity contribution in [1.82, 2.24) is 10.3 Å². The van der Waals surface area contributed by atoms with Crippen LogP contribution in [0.1, 0.15) is 19.5 Å². The van der Waals surface area contributed by atoms with Crippen molar-refractivity contribution in [2.24, 2.45) is 0 Å². The third-order valence-corrected chi connectivity index (χ3v) is 3.64. The summed E-state index contributed by atoms with van der Waals surface area (Å²) in [6.07, 6.45) is 0. The molecule has 110 valence electrons. The normalized spacial score (nSPS) is 10.9. The molecule has 0 aromatic carbocycles. The fourth-order valence-electron chi connectivity index (χ4n) is 1.62. The van der Waals surface area contributed by atoms with Gasteiger partial charge in [-0.15, -0.1) is 11.3 Å². The molecule has 5 nitrogen and oxygen atoms in total. The minimum absolute atomic E-state index is 0.729. The van der Waals surface area contributed by atoms with Gasteiger partial charge in [0.15, 0.2) is 5.13 Å². The Morgan fingerprint density at radius 1 is 1.37 bits per heavy atom. The predicted molar refractivity (Wildman–Crippen MR) is 80.1 cm³/mol. The van der Waals surface area contributed by atoms with Gasteiger partial charge in [0.2, 0.25) is 0 Å². The van der Waals surface area contributed by atoms with E-state index in [2.05, 4.69) is 27.5 Å². The van der Waals surface area contributed by atoms with E-state index in [9.17, 15) is 0 Å². The van der Waals surface area contributed by atoms with Crippen LogP contribution in [0, 0.1) is 0 Å². The number of ether oxygens (including phenoxy) is 2. The fourth-order valence-corrected chi connectivity index (χ4v) is 2.54. The van der Waals surface area contributed by atoms with Crippen molar-refractivity contribution in [2.45, 2.75) is 20.4 Å². The number of methoxy groups -OCH3 is 1. The molecule has 19 heavy (non-hydrogen) atoms. The molecule has 0 spiro atoms. The SMILES string of the molecule is CCOCCN(CC)c1nc(CNCCOC)cs1. The van der Waals surface area contributed by atoms with Crippen molar-refractivity contribution in [3.63, 3.8) is 0 Å². The molecule has 0 amide bonds. The number of rotatable bonds is 11. The lowest BCUT2D eigenvalue weighted by atomic mass is 10.5. The Kier molecular flexibility index (Phi) is 8.73.